The van der Waals surface area contributed by atoms with E-state index >= 15 is 0 Å². The monoisotopic (exact) mass is 397 g/mol. The number of nitrogens with zero attached hydrogens (tertiary/aromatic N) is 1. The van der Waals surface area contributed by atoms with Crippen molar-refractivity contribution >= 4 is 29.2 Å². The Labute approximate surface area is 166 Å². The van der Waals surface area contributed by atoms with E-state index in [1.165, 1.54) is 14.2 Å². The Kier molecular flexibility index (Phi) is 9.28. The van der Waals surface area contributed by atoms with Gasteiger partial charge in [-0.25, -0.2) is 0 Å². The molecule has 1 fully saturated rings. The zero-order chi connectivity index (χ0) is 21.3. The van der Waals surface area contributed by atoms with Gasteiger partial charge in [0.25, 0.3) is 0 Å². The number of oxime groups is 1. The number of methoxy groups -OCH3 is 2. The molecule has 0 aromatic carbocycles. The Hall–Kier alpha value is -2.25. The molecule has 8 heteroatoms. The Morgan fingerprint density at radius 2 is 1.71 bits per heavy atom. The fraction of sp³-hybridized carbons (Fsp3) is 0.750. The second-order valence-electron chi connectivity index (χ2n) is 7.56. The van der Waals surface area contributed by atoms with Gasteiger partial charge in [-0.15, -0.1) is 0 Å². The van der Waals surface area contributed by atoms with E-state index in [4.69, 9.17) is 9.57 Å². The normalized spacial score (nSPS) is 22.0. The van der Waals surface area contributed by atoms with Crippen molar-refractivity contribution in [3.63, 3.8) is 0 Å². The zero-order valence-corrected chi connectivity index (χ0v) is 17.4. The summed E-state index contributed by atoms with van der Waals surface area (Å²) in [4.78, 5) is 54.3. The van der Waals surface area contributed by atoms with Crippen LogP contribution in [0.15, 0.2) is 5.16 Å². The van der Waals surface area contributed by atoms with Crippen molar-refractivity contribution in [3.05, 3.63) is 0 Å². The average molecular weight is 397 g/mol. The number of esters is 2. The van der Waals surface area contributed by atoms with E-state index in [1.54, 1.807) is 20.8 Å². The SMILES string of the molecule is CCO/N=C(/CCCCCC(=O)OC)[C@H]1C(=O)CC(C)(C)[C@H](C(=O)OC)C1=O. The fourth-order valence-electron chi connectivity index (χ4n) is 3.51. The van der Waals surface area contributed by atoms with Crippen molar-refractivity contribution in [2.24, 2.45) is 22.4 Å². The van der Waals surface area contributed by atoms with Crippen LogP contribution in [0.2, 0.25) is 0 Å². The van der Waals surface area contributed by atoms with Crippen LogP contribution < -0.4 is 0 Å². The zero-order valence-electron chi connectivity index (χ0n) is 17.4. The third-order valence-corrected chi connectivity index (χ3v) is 4.92. The summed E-state index contributed by atoms with van der Waals surface area (Å²) >= 11 is 0. The molecule has 0 bridgehead atoms. The van der Waals surface area contributed by atoms with Gasteiger partial charge >= 0.3 is 11.9 Å². The minimum atomic E-state index is -1.09. The van der Waals surface area contributed by atoms with Gasteiger partial charge in [-0.3, -0.25) is 19.2 Å². The summed E-state index contributed by atoms with van der Waals surface area (Å²) in [6.07, 6.45) is 2.75. The number of rotatable bonds is 10. The maximum Gasteiger partial charge on any atom is 0.316 e. The summed E-state index contributed by atoms with van der Waals surface area (Å²) in [5.74, 6) is -3.77. The lowest BCUT2D eigenvalue weighted by molar-refractivity contribution is -0.159. The standard InChI is InChI=1S/C20H31NO7/c1-6-28-21-13(10-8-7-9-11-15(23)26-4)16-14(22)12-20(2,3)17(18(16)24)19(25)27-5/h16-17H,6-12H2,1-5H3/b21-13-/t16-,17-/m0/s1. The largest absolute Gasteiger partial charge is 0.469 e. The molecule has 0 amide bonds. The quantitative estimate of drug-likeness (QED) is 0.183. The highest BCUT2D eigenvalue weighted by atomic mass is 16.6. The number of unbranched alkanes of at least 4 members (excludes halogenated alkanes) is 2. The first-order valence-corrected chi connectivity index (χ1v) is 9.59. The Bertz CT molecular complexity index is 624. The van der Waals surface area contributed by atoms with Crippen LogP contribution in [0.4, 0.5) is 0 Å². The highest BCUT2D eigenvalue weighted by molar-refractivity contribution is 6.26. The molecule has 158 valence electrons. The summed E-state index contributed by atoms with van der Waals surface area (Å²) in [5.41, 5.74) is -0.478. The fourth-order valence-corrected chi connectivity index (χ4v) is 3.51. The third kappa shape index (κ3) is 6.14. The van der Waals surface area contributed by atoms with Crippen LogP contribution in [0.3, 0.4) is 0 Å². The maximum absolute atomic E-state index is 13.1. The van der Waals surface area contributed by atoms with Crippen molar-refractivity contribution in [2.75, 3.05) is 20.8 Å². The van der Waals surface area contributed by atoms with Crippen molar-refractivity contribution in [1.29, 1.82) is 0 Å². The predicted molar refractivity (Wildman–Crippen MR) is 102 cm³/mol. The lowest BCUT2D eigenvalue weighted by Crippen LogP contribution is -2.52. The molecule has 28 heavy (non-hydrogen) atoms. The van der Waals surface area contributed by atoms with Gasteiger partial charge in [-0.05, 0) is 31.6 Å². The number of hydrogen-bond acceptors (Lipinski definition) is 8. The number of ether oxygens (including phenoxy) is 2. The van der Waals surface area contributed by atoms with Crippen LogP contribution in [0.25, 0.3) is 0 Å². The van der Waals surface area contributed by atoms with E-state index in [9.17, 15) is 19.2 Å². The molecule has 0 spiro atoms. The van der Waals surface area contributed by atoms with Gasteiger partial charge in [0.15, 0.2) is 5.78 Å². The minimum absolute atomic E-state index is 0.0800. The van der Waals surface area contributed by atoms with Crippen LogP contribution in [0, 0.1) is 17.3 Å². The number of Topliss-reactive ketones (excluding diaryl/α,β-unsaturated/α-hetero) is 2. The minimum Gasteiger partial charge on any atom is -0.469 e. The number of carbonyl (C=O) groups excluding carboxylic acids is 4. The van der Waals surface area contributed by atoms with Gasteiger partial charge in [0.05, 0.1) is 19.9 Å². The molecule has 1 aliphatic rings. The predicted octanol–water partition coefficient (Wildman–Crippen LogP) is 2.48. The Morgan fingerprint density at radius 1 is 1.07 bits per heavy atom. The van der Waals surface area contributed by atoms with Crippen LogP contribution in [-0.4, -0.2) is 50.0 Å². The highest BCUT2D eigenvalue weighted by Crippen LogP contribution is 2.40. The Morgan fingerprint density at radius 3 is 2.29 bits per heavy atom. The maximum atomic E-state index is 13.1. The van der Waals surface area contributed by atoms with Crippen molar-refractivity contribution < 1.29 is 33.5 Å². The first-order chi connectivity index (χ1) is 13.2. The van der Waals surface area contributed by atoms with Crippen LogP contribution >= 0.6 is 0 Å². The molecule has 2 atom stereocenters. The molecule has 0 unspecified atom stereocenters. The van der Waals surface area contributed by atoms with Crippen LogP contribution in [-0.2, 0) is 33.5 Å². The van der Waals surface area contributed by atoms with Crippen molar-refractivity contribution in [3.8, 4) is 0 Å². The van der Waals surface area contributed by atoms with E-state index in [2.05, 4.69) is 9.89 Å². The van der Waals surface area contributed by atoms with E-state index in [0.29, 0.717) is 44.4 Å². The van der Waals surface area contributed by atoms with Crippen molar-refractivity contribution in [2.45, 2.75) is 59.3 Å². The van der Waals surface area contributed by atoms with E-state index in [1.807, 2.05) is 0 Å². The summed E-state index contributed by atoms with van der Waals surface area (Å²) in [6, 6.07) is 0. The molecule has 0 radical (unpaired) electrons. The average Bonchev–Trinajstić information content (AvgIpc) is 2.63. The topological polar surface area (TPSA) is 108 Å². The number of ketones is 2. The van der Waals surface area contributed by atoms with Gasteiger partial charge < -0.3 is 14.3 Å². The van der Waals surface area contributed by atoms with Gasteiger partial charge in [0.1, 0.15) is 24.2 Å². The highest BCUT2D eigenvalue weighted by Gasteiger charge is 2.53. The first-order valence-electron chi connectivity index (χ1n) is 9.59. The number of hydrogen-bond donors (Lipinski definition) is 0. The van der Waals surface area contributed by atoms with Crippen LogP contribution in [0.5, 0.6) is 0 Å². The second kappa shape index (κ2) is 10.9. The van der Waals surface area contributed by atoms with Gasteiger partial charge in [0, 0.05) is 12.8 Å². The van der Waals surface area contributed by atoms with Crippen LogP contribution in [0.1, 0.15) is 59.3 Å². The third-order valence-electron chi connectivity index (χ3n) is 4.92. The molecule has 0 heterocycles. The number of carbonyl (C=O) groups is 4. The molecule has 0 aliphatic heterocycles. The van der Waals surface area contributed by atoms with Gasteiger partial charge in [-0.2, -0.15) is 0 Å². The second-order valence-corrected chi connectivity index (χ2v) is 7.56. The molecular weight excluding hydrogens is 366 g/mol. The molecule has 1 saturated carbocycles. The van der Waals surface area contributed by atoms with E-state index in [0.717, 1.165) is 0 Å². The first kappa shape index (κ1) is 23.8. The summed E-state index contributed by atoms with van der Waals surface area (Å²) in [6.45, 7) is 5.48. The molecule has 0 aromatic rings. The van der Waals surface area contributed by atoms with E-state index in [-0.39, 0.29) is 18.2 Å². The van der Waals surface area contributed by atoms with Gasteiger partial charge in [0.2, 0.25) is 0 Å². The molecule has 0 N–H and O–H groups in total. The summed E-state index contributed by atoms with van der Waals surface area (Å²) < 4.78 is 9.40. The van der Waals surface area contributed by atoms with Gasteiger partial charge in [-0.1, -0.05) is 25.4 Å². The smallest absolute Gasteiger partial charge is 0.316 e. The van der Waals surface area contributed by atoms with Crippen molar-refractivity contribution in [1.82, 2.24) is 0 Å². The lowest BCUT2D eigenvalue weighted by atomic mass is 9.63. The summed E-state index contributed by atoms with van der Waals surface area (Å²) in [5, 5.41) is 4.01. The molecule has 1 rings (SSSR count). The molecular formula is C20H31NO7. The molecule has 0 aromatic heterocycles. The summed E-state index contributed by atoms with van der Waals surface area (Å²) in [7, 11) is 2.57. The molecule has 0 saturated heterocycles. The Balaban J connectivity index is 2.93. The lowest BCUT2D eigenvalue weighted by Gasteiger charge is -2.38. The van der Waals surface area contributed by atoms with E-state index < -0.39 is 29.0 Å². The molecule has 1 aliphatic carbocycles. The molecule has 8 nitrogen and oxygen atoms in total.